The van der Waals surface area contributed by atoms with Crippen molar-refractivity contribution < 1.29 is 9.18 Å². The van der Waals surface area contributed by atoms with E-state index in [2.05, 4.69) is 23.8 Å². The lowest BCUT2D eigenvalue weighted by Gasteiger charge is -2.51. The third-order valence-corrected chi connectivity index (χ3v) is 8.93. The van der Waals surface area contributed by atoms with E-state index < -0.39 is 0 Å². The summed E-state index contributed by atoms with van der Waals surface area (Å²) >= 11 is 0. The number of hydrogen-bond acceptors (Lipinski definition) is 2. The summed E-state index contributed by atoms with van der Waals surface area (Å²) in [5, 5.41) is 2.94. The smallest absolute Gasteiger partial charge is 0.225 e. The largest absolute Gasteiger partial charge is 0.311 e. The predicted octanol–water partition coefficient (Wildman–Crippen LogP) is 6.98. The number of nitrogens with zero attached hydrogens (tertiary/aromatic N) is 1. The highest BCUT2D eigenvalue weighted by molar-refractivity contribution is 5.89. The van der Waals surface area contributed by atoms with Crippen LogP contribution in [0.5, 0.6) is 0 Å². The molecule has 3 aliphatic rings. The Morgan fingerprint density at radius 3 is 2.94 bits per heavy atom. The number of fused-ring (bicyclic) bond motifs is 5. The maximum absolute atomic E-state index is 13.8. The van der Waals surface area contributed by atoms with Gasteiger partial charge < -0.3 is 5.32 Å². The summed E-state index contributed by atoms with van der Waals surface area (Å²) in [4.78, 5) is 16.7. The van der Waals surface area contributed by atoms with Gasteiger partial charge in [0.15, 0.2) is 0 Å². The average Bonchev–Trinajstić information content (AvgIpc) is 3.03. The summed E-state index contributed by atoms with van der Waals surface area (Å²) in [5.74, 6) is 2.94. The molecule has 174 valence electrons. The molecule has 0 radical (unpaired) electrons. The molecule has 3 aliphatic carbocycles. The van der Waals surface area contributed by atoms with Crippen LogP contribution in [0, 0.1) is 35.9 Å². The van der Waals surface area contributed by atoms with Crippen molar-refractivity contribution in [3.05, 3.63) is 71.2 Å². The Morgan fingerprint density at radius 1 is 1.27 bits per heavy atom. The lowest BCUT2D eigenvalue weighted by molar-refractivity contribution is -0.116. The molecule has 0 aliphatic heterocycles. The molecule has 4 heteroatoms. The number of carbonyl (C=O) groups is 1. The predicted molar refractivity (Wildman–Crippen MR) is 130 cm³/mol. The van der Waals surface area contributed by atoms with E-state index in [-0.39, 0.29) is 17.1 Å². The number of pyridine rings is 1. The minimum atomic E-state index is -0.112. The number of amides is 1. The molecule has 1 aromatic heterocycles. The number of halogens is 1. The average molecular weight is 447 g/mol. The first kappa shape index (κ1) is 22.3. The molecule has 1 heterocycles. The van der Waals surface area contributed by atoms with E-state index in [0.29, 0.717) is 35.9 Å². The number of rotatable bonds is 5. The molecular formula is C29H35FN2O. The zero-order valence-corrected chi connectivity index (χ0v) is 19.9. The van der Waals surface area contributed by atoms with Crippen LogP contribution >= 0.6 is 0 Å². The molecule has 2 saturated carbocycles. The molecule has 0 spiro atoms. The second kappa shape index (κ2) is 8.70. The number of hydrogen-bond donors (Lipinski definition) is 1. The van der Waals surface area contributed by atoms with Crippen LogP contribution in [0.15, 0.2) is 48.7 Å². The Hall–Kier alpha value is -2.49. The van der Waals surface area contributed by atoms with E-state index >= 15 is 0 Å². The third kappa shape index (κ3) is 4.13. The minimum absolute atomic E-state index is 0.0443. The van der Waals surface area contributed by atoms with Gasteiger partial charge in [-0.1, -0.05) is 25.1 Å². The van der Waals surface area contributed by atoms with Gasteiger partial charge >= 0.3 is 0 Å². The zero-order chi connectivity index (χ0) is 23.2. The Bertz CT molecular complexity index is 1080. The molecule has 0 saturated heterocycles. The molecule has 1 amide bonds. The summed E-state index contributed by atoms with van der Waals surface area (Å²) in [7, 11) is 0. The van der Waals surface area contributed by atoms with E-state index in [1.165, 1.54) is 29.5 Å². The number of allylic oxidation sites excluding steroid dienone is 1. The van der Waals surface area contributed by atoms with Crippen molar-refractivity contribution in [2.75, 3.05) is 5.32 Å². The quantitative estimate of drug-likeness (QED) is 0.504. The van der Waals surface area contributed by atoms with Crippen LogP contribution in [0.2, 0.25) is 0 Å². The summed E-state index contributed by atoms with van der Waals surface area (Å²) in [5.41, 5.74) is 5.31. The molecule has 2 fully saturated rings. The molecule has 0 bridgehead atoms. The van der Waals surface area contributed by atoms with Crippen LogP contribution in [-0.2, 0) is 11.2 Å². The van der Waals surface area contributed by atoms with Crippen molar-refractivity contribution in [3.63, 3.8) is 0 Å². The van der Waals surface area contributed by atoms with Crippen molar-refractivity contribution in [1.29, 1.82) is 0 Å². The van der Waals surface area contributed by atoms with Crippen molar-refractivity contribution in [2.24, 2.45) is 23.2 Å². The number of aryl methyl sites for hydroxylation is 2. The van der Waals surface area contributed by atoms with Gasteiger partial charge in [0.25, 0.3) is 0 Å². The summed E-state index contributed by atoms with van der Waals surface area (Å²) in [6.07, 6.45) is 9.76. The van der Waals surface area contributed by atoms with Crippen molar-refractivity contribution in [2.45, 2.75) is 71.1 Å². The summed E-state index contributed by atoms with van der Waals surface area (Å²) in [6.45, 7) is 8.96. The first-order chi connectivity index (χ1) is 15.8. The molecule has 3 nitrogen and oxygen atoms in total. The number of carbonyl (C=O) groups excluding carboxylic acids is 1. The van der Waals surface area contributed by atoms with E-state index in [4.69, 9.17) is 0 Å². The van der Waals surface area contributed by atoms with E-state index in [9.17, 15) is 9.18 Å². The molecule has 5 rings (SSSR count). The standard InChI is InChI=1S/C29H35FN2O/c1-18-12-14-31-26(15-18)32-27(33)6-4-5-21-16-19(2)29(3)13-11-24-23-10-8-22(30)17-20(23)7-9-25(24)28(21)29/h8,10,12,14-15,17,21,24-25,28H,2,4-7,9,11,13,16H2,1,3H3,(H,31,32,33)/t21?,24?,25?,28?,29-/m1/s1. The highest BCUT2D eigenvalue weighted by Crippen LogP contribution is 2.65. The first-order valence-electron chi connectivity index (χ1n) is 12.5. The molecule has 1 N–H and O–H groups in total. The normalized spacial score (nSPS) is 30.3. The molecular weight excluding hydrogens is 411 g/mol. The van der Waals surface area contributed by atoms with Crippen LogP contribution in [0.25, 0.3) is 0 Å². The fraction of sp³-hybridized carbons (Fsp3) is 0.517. The van der Waals surface area contributed by atoms with Gasteiger partial charge in [0.05, 0.1) is 0 Å². The Labute approximate surface area is 196 Å². The first-order valence-corrected chi connectivity index (χ1v) is 12.5. The Kier molecular flexibility index (Phi) is 5.88. The second-order valence-corrected chi connectivity index (χ2v) is 10.9. The van der Waals surface area contributed by atoms with Gasteiger partial charge in [0.2, 0.25) is 5.91 Å². The fourth-order valence-electron chi connectivity index (χ4n) is 7.38. The van der Waals surface area contributed by atoms with Crippen LogP contribution in [-0.4, -0.2) is 10.9 Å². The Morgan fingerprint density at radius 2 is 2.12 bits per heavy atom. The van der Waals surface area contributed by atoms with Gasteiger partial charge in [0, 0.05) is 12.6 Å². The van der Waals surface area contributed by atoms with Gasteiger partial charge in [-0.15, -0.1) is 0 Å². The summed E-state index contributed by atoms with van der Waals surface area (Å²) in [6, 6.07) is 9.27. The highest BCUT2D eigenvalue weighted by atomic mass is 19.1. The van der Waals surface area contributed by atoms with Gasteiger partial charge in [-0.25, -0.2) is 9.37 Å². The van der Waals surface area contributed by atoms with Gasteiger partial charge in [-0.2, -0.15) is 0 Å². The molecule has 2 aromatic rings. The minimum Gasteiger partial charge on any atom is -0.311 e. The van der Waals surface area contributed by atoms with E-state index in [1.807, 2.05) is 25.1 Å². The SMILES string of the molecule is C=C1CC(CCCC(=O)Nc2cc(C)ccn2)C2C3CCc4cc(F)ccc4C3CC[C@]12C. The van der Waals surface area contributed by atoms with Crippen LogP contribution in [0.4, 0.5) is 10.2 Å². The third-order valence-electron chi connectivity index (χ3n) is 8.93. The maximum atomic E-state index is 13.8. The molecule has 5 atom stereocenters. The van der Waals surface area contributed by atoms with Gasteiger partial charge in [-0.05, 0) is 122 Å². The monoisotopic (exact) mass is 446 g/mol. The highest BCUT2D eigenvalue weighted by Gasteiger charge is 2.55. The van der Waals surface area contributed by atoms with E-state index in [0.717, 1.165) is 37.7 Å². The lowest BCUT2D eigenvalue weighted by Crippen LogP contribution is -2.42. The Balaban J connectivity index is 1.26. The molecule has 4 unspecified atom stereocenters. The molecule has 33 heavy (non-hydrogen) atoms. The lowest BCUT2D eigenvalue weighted by atomic mass is 9.53. The zero-order valence-electron chi connectivity index (χ0n) is 19.9. The molecule has 1 aromatic carbocycles. The number of nitrogens with one attached hydrogen (secondary N) is 1. The van der Waals surface area contributed by atoms with Crippen LogP contribution in [0.3, 0.4) is 0 Å². The van der Waals surface area contributed by atoms with Crippen molar-refractivity contribution in [1.82, 2.24) is 4.98 Å². The van der Waals surface area contributed by atoms with Crippen molar-refractivity contribution in [3.8, 4) is 0 Å². The second-order valence-electron chi connectivity index (χ2n) is 10.9. The maximum Gasteiger partial charge on any atom is 0.225 e. The van der Waals surface area contributed by atoms with Crippen LogP contribution in [0.1, 0.15) is 74.5 Å². The number of aromatic nitrogens is 1. The van der Waals surface area contributed by atoms with Crippen molar-refractivity contribution >= 4 is 11.7 Å². The topological polar surface area (TPSA) is 42.0 Å². The summed E-state index contributed by atoms with van der Waals surface area (Å²) < 4.78 is 13.8. The van der Waals surface area contributed by atoms with E-state index in [1.54, 1.807) is 18.3 Å². The van der Waals surface area contributed by atoms with Gasteiger partial charge in [0.1, 0.15) is 11.6 Å². The van der Waals surface area contributed by atoms with Gasteiger partial charge in [-0.3, -0.25) is 4.79 Å². The number of anilines is 1. The fourth-order valence-corrected chi connectivity index (χ4v) is 7.38. The van der Waals surface area contributed by atoms with Crippen LogP contribution < -0.4 is 5.32 Å². The number of benzene rings is 1.